The molecule has 2 aromatic carbocycles. The van der Waals surface area contributed by atoms with Crippen molar-refractivity contribution in [1.29, 1.82) is 0 Å². The third-order valence-electron chi connectivity index (χ3n) is 5.58. The number of aromatic nitrogens is 3. The lowest BCUT2D eigenvalue weighted by atomic mass is 9.96. The Bertz CT molecular complexity index is 1350. The maximum absolute atomic E-state index is 11.9. The molecule has 2 heterocycles. The monoisotopic (exact) mass is 453 g/mol. The summed E-state index contributed by atoms with van der Waals surface area (Å²) >= 11 is 0. The molecule has 0 N–H and O–H groups in total. The Morgan fingerprint density at radius 2 is 1.94 bits per heavy atom. The average Bonchev–Trinajstić information content (AvgIpc) is 3.32. The Balaban J connectivity index is 1.53. The fourth-order valence-corrected chi connectivity index (χ4v) is 3.92. The number of esters is 1. The molecule has 0 spiro atoms. The van der Waals surface area contributed by atoms with E-state index >= 15 is 0 Å². The second-order valence-corrected chi connectivity index (χ2v) is 7.91. The number of nitrogens with zero attached hydrogens (tertiary/aromatic N) is 3. The zero-order chi connectivity index (χ0) is 23.9. The molecule has 0 aliphatic carbocycles. The summed E-state index contributed by atoms with van der Waals surface area (Å²) in [6, 6.07) is 18.0. The van der Waals surface area contributed by atoms with Crippen molar-refractivity contribution in [3.63, 3.8) is 0 Å². The van der Waals surface area contributed by atoms with Crippen LogP contribution in [0.25, 0.3) is 16.8 Å². The molecule has 6 heteroatoms. The number of benzene rings is 2. The maximum Gasteiger partial charge on any atom is 0.307 e. The van der Waals surface area contributed by atoms with Crippen LogP contribution in [-0.2, 0) is 16.1 Å². The van der Waals surface area contributed by atoms with E-state index in [1.807, 2.05) is 42.6 Å². The van der Waals surface area contributed by atoms with Crippen molar-refractivity contribution in [2.45, 2.75) is 39.7 Å². The van der Waals surface area contributed by atoms with Gasteiger partial charge in [-0.05, 0) is 55.7 Å². The Hall–Kier alpha value is -4.11. The van der Waals surface area contributed by atoms with Crippen molar-refractivity contribution >= 4 is 11.6 Å². The molecule has 0 aliphatic rings. The lowest BCUT2D eigenvalue weighted by Gasteiger charge is -2.13. The number of ether oxygens (including phenoxy) is 2. The van der Waals surface area contributed by atoms with Crippen molar-refractivity contribution in [2.75, 3.05) is 6.61 Å². The number of hydrogen-bond acceptors (Lipinski definition) is 5. The Kier molecular flexibility index (Phi) is 7.24. The van der Waals surface area contributed by atoms with E-state index in [-0.39, 0.29) is 18.3 Å². The van der Waals surface area contributed by atoms with Gasteiger partial charge in [-0.25, -0.2) is 9.50 Å². The largest absolute Gasteiger partial charge is 0.489 e. The summed E-state index contributed by atoms with van der Waals surface area (Å²) in [5.74, 6) is 6.27. The summed E-state index contributed by atoms with van der Waals surface area (Å²) in [4.78, 5) is 16.3. The molecule has 2 aromatic heterocycles. The highest BCUT2D eigenvalue weighted by Crippen LogP contribution is 2.27. The van der Waals surface area contributed by atoms with Crippen LogP contribution in [0.15, 0.2) is 67.1 Å². The van der Waals surface area contributed by atoms with E-state index in [0.717, 1.165) is 33.7 Å². The van der Waals surface area contributed by atoms with E-state index in [4.69, 9.17) is 9.47 Å². The Morgan fingerprint density at radius 3 is 2.68 bits per heavy atom. The van der Waals surface area contributed by atoms with Crippen molar-refractivity contribution < 1.29 is 14.3 Å². The zero-order valence-electron chi connectivity index (χ0n) is 19.6. The summed E-state index contributed by atoms with van der Waals surface area (Å²) < 4.78 is 13.0. The number of pyridine rings is 1. The molecule has 0 saturated heterocycles. The number of carbonyl (C=O) groups is 1. The van der Waals surface area contributed by atoms with E-state index < -0.39 is 0 Å². The molecular weight excluding hydrogens is 426 g/mol. The molecule has 1 atom stereocenters. The van der Waals surface area contributed by atoms with Gasteiger partial charge in [-0.15, -0.1) is 5.92 Å². The molecule has 0 fully saturated rings. The van der Waals surface area contributed by atoms with Crippen LogP contribution in [0.3, 0.4) is 0 Å². The van der Waals surface area contributed by atoms with Gasteiger partial charge in [0.15, 0.2) is 5.65 Å². The minimum atomic E-state index is -0.249. The highest BCUT2D eigenvalue weighted by molar-refractivity contribution is 5.71. The average molecular weight is 454 g/mol. The molecule has 4 rings (SSSR count). The highest BCUT2D eigenvalue weighted by Gasteiger charge is 2.15. The molecule has 0 amide bonds. The Morgan fingerprint density at radius 1 is 1.15 bits per heavy atom. The number of carbonyl (C=O) groups excluding carboxylic acids is 1. The SMILES string of the molecule is CC#CC(CC(=O)OCC)c1ccc(OCc2cc(-c3ccccc3C)cn3ncnc23)cc1. The molecule has 6 nitrogen and oxygen atoms in total. The van der Waals surface area contributed by atoms with Crippen LogP contribution >= 0.6 is 0 Å². The van der Waals surface area contributed by atoms with Gasteiger partial charge in [0, 0.05) is 17.3 Å². The van der Waals surface area contributed by atoms with Crippen LogP contribution in [0, 0.1) is 18.8 Å². The Labute approximate surface area is 199 Å². The molecule has 0 aliphatic heterocycles. The van der Waals surface area contributed by atoms with Crippen LogP contribution in [0.2, 0.25) is 0 Å². The van der Waals surface area contributed by atoms with Gasteiger partial charge in [0.1, 0.15) is 18.7 Å². The third-order valence-corrected chi connectivity index (χ3v) is 5.58. The summed E-state index contributed by atoms with van der Waals surface area (Å²) in [6.07, 6.45) is 3.76. The van der Waals surface area contributed by atoms with Gasteiger partial charge in [0.05, 0.1) is 18.9 Å². The smallest absolute Gasteiger partial charge is 0.307 e. The van der Waals surface area contributed by atoms with Crippen LogP contribution in [0.5, 0.6) is 5.75 Å². The van der Waals surface area contributed by atoms with Gasteiger partial charge in [-0.3, -0.25) is 4.79 Å². The minimum absolute atomic E-state index is 0.209. The maximum atomic E-state index is 11.9. The number of fused-ring (bicyclic) bond motifs is 1. The molecule has 172 valence electrons. The van der Waals surface area contributed by atoms with Gasteiger partial charge < -0.3 is 9.47 Å². The lowest BCUT2D eigenvalue weighted by Crippen LogP contribution is -2.09. The second-order valence-electron chi connectivity index (χ2n) is 7.91. The third kappa shape index (κ3) is 5.26. The van der Waals surface area contributed by atoms with Gasteiger partial charge in [0.25, 0.3) is 0 Å². The van der Waals surface area contributed by atoms with Crippen molar-refractivity contribution in [2.24, 2.45) is 0 Å². The van der Waals surface area contributed by atoms with Crippen LogP contribution in [0.4, 0.5) is 0 Å². The molecule has 0 bridgehead atoms. The molecular formula is C28H27N3O3. The minimum Gasteiger partial charge on any atom is -0.489 e. The van der Waals surface area contributed by atoms with E-state index in [9.17, 15) is 4.79 Å². The molecule has 1 unspecified atom stereocenters. The van der Waals surface area contributed by atoms with Gasteiger partial charge in [0.2, 0.25) is 0 Å². The van der Waals surface area contributed by atoms with Crippen molar-refractivity contribution in [3.8, 4) is 28.7 Å². The van der Waals surface area contributed by atoms with E-state index in [1.54, 1.807) is 24.7 Å². The van der Waals surface area contributed by atoms with Crippen LogP contribution in [0.1, 0.15) is 42.9 Å². The molecule has 34 heavy (non-hydrogen) atoms. The summed E-state index contributed by atoms with van der Waals surface area (Å²) in [6.45, 7) is 6.38. The number of aryl methyl sites for hydroxylation is 1. The fourth-order valence-electron chi connectivity index (χ4n) is 3.92. The first-order valence-electron chi connectivity index (χ1n) is 11.3. The lowest BCUT2D eigenvalue weighted by molar-refractivity contribution is -0.143. The van der Waals surface area contributed by atoms with Crippen molar-refractivity contribution in [1.82, 2.24) is 14.6 Å². The van der Waals surface area contributed by atoms with E-state index in [2.05, 4.69) is 47.0 Å². The zero-order valence-corrected chi connectivity index (χ0v) is 19.6. The number of hydrogen-bond donors (Lipinski definition) is 0. The van der Waals surface area contributed by atoms with Crippen molar-refractivity contribution in [3.05, 3.63) is 83.8 Å². The van der Waals surface area contributed by atoms with Gasteiger partial charge >= 0.3 is 5.97 Å². The van der Waals surface area contributed by atoms with Gasteiger partial charge in [-0.2, -0.15) is 5.10 Å². The second kappa shape index (κ2) is 10.7. The fraction of sp³-hybridized carbons (Fsp3) is 0.250. The first-order chi connectivity index (χ1) is 16.6. The van der Waals surface area contributed by atoms with Crippen LogP contribution < -0.4 is 4.74 Å². The molecule has 0 radical (unpaired) electrons. The molecule has 4 aromatic rings. The summed E-state index contributed by atoms with van der Waals surface area (Å²) in [5.41, 5.74) is 6.06. The van der Waals surface area contributed by atoms with Gasteiger partial charge in [-0.1, -0.05) is 42.3 Å². The molecule has 0 saturated carbocycles. The first-order valence-corrected chi connectivity index (χ1v) is 11.3. The summed E-state index contributed by atoms with van der Waals surface area (Å²) in [7, 11) is 0. The predicted octanol–water partition coefficient (Wildman–Crippen LogP) is 5.34. The summed E-state index contributed by atoms with van der Waals surface area (Å²) in [5, 5.41) is 4.33. The topological polar surface area (TPSA) is 65.7 Å². The van der Waals surface area contributed by atoms with E-state index in [0.29, 0.717) is 13.2 Å². The number of rotatable bonds is 8. The normalized spacial score (nSPS) is 11.5. The van der Waals surface area contributed by atoms with E-state index in [1.165, 1.54) is 5.56 Å². The first kappa shape index (κ1) is 23.1. The quantitative estimate of drug-likeness (QED) is 0.266. The van der Waals surface area contributed by atoms with Crippen LogP contribution in [-0.4, -0.2) is 27.2 Å². The highest BCUT2D eigenvalue weighted by atomic mass is 16.5. The standard InChI is InChI=1S/C28H27N3O3/c1-4-8-22(16-27(32)33-5-2)21-11-13-25(14-12-21)34-18-24-15-23(17-31-28(24)29-19-30-31)26-10-7-6-9-20(26)3/h6-7,9-15,17,19,22H,5,16,18H2,1-3H3. The predicted molar refractivity (Wildman–Crippen MR) is 131 cm³/mol.